The molecule has 1 aromatic carbocycles. The van der Waals surface area contributed by atoms with Crippen molar-refractivity contribution in [3.8, 4) is 18.4 Å². The Morgan fingerprint density at radius 1 is 1.39 bits per heavy atom. The summed E-state index contributed by atoms with van der Waals surface area (Å²) in [5.41, 5.74) is 0.786. The molecule has 1 aliphatic heterocycles. The second-order valence-corrected chi connectivity index (χ2v) is 4.79. The van der Waals surface area contributed by atoms with Crippen LogP contribution in [-0.4, -0.2) is 12.5 Å². The average Bonchev–Trinajstić information content (AvgIpc) is 2.70. The predicted octanol–water partition coefficient (Wildman–Crippen LogP) is 2.85. The zero-order valence-corrected chi connectivity index (χ0v) is 10.8. The first kappa shape index (κ1) is 12.8. The predicted molar refractivity (Wildman–Crippen MR) is 70.5 cm³/mol. The number of nitriles is 1. The minimum atomic E-state index is -0.125. The lowest BCUT2D eigenvalue weighted by atomic mass is 10.1. The van der Waals surface area contributed by atoms with Gasteiger partial charge < -0.3 is 4.90 Å². The fourth-order valence-corrected chi connectivity index (χ4v) is 2.61. The number of amides is 1. The third-order valence-electron chi connectivity index (χ3n) is 2.78. The van der Waals surface area contributed by atoms with Gasteiger partial charge in [0.2, 0.25) is 5.91 Å². The third-order valence-corrected chi connectivity index (χ3v) is 3.35. The van der Waals surface area contributed by atoms with Gasteiger partial charge in [0.1, 0.15) is 0 Å². The number of hydrogen-bond donors (Lipinski definition) is 0. The maximum Gasteiger partial charge on any atom is 0.228 e. The molecule has 1 aromatic rings. The lowest BCUT2D eigenvalue weighted by Gasteiger charge is -2.19. The molecular weight excluding hydrogens is 271 g/mol. The Morgan fingerprint density at radius 2 is 2.00 bits per heavy atom. The van der Waals surface area contributed by atoms with Crippen LogP contribution in [0.2, 0.25) is 10.0 Å². The van der Waals surface area contributed by atoms with E-state index < -0.39 is 0 Å². The van der Waals surface area contributed by atoms with E-state index in [1.807, 2.05) is 6.07 Å². The monoisotopic (exact) mass is 278 g/mol. The van der Waals surface area contributed by atoms with Crippen LogP contribution in [0, 0.1) is 29.6 Å². The highest BCUT2D eigenvalue weighted by atomic mass is 35.5. The summed E-state index contributed by atoms with van der Waals surface area (Å²) in [6.45, 7) is 0.403. The van der Waals surface area contributed by atoms with E-state index in [9.17, 15) is 4.79 Å². The minimum absolute atomic E-state index is 0.105. The van der Waals surface area contributed by atoms with Crippen molar-refractivity contribution in [1.82, 2.24) is 0 Å². The third kappa shape index (κ3) is 2.16. The molecule has 1 fully saturated rings. The van der Waals surface area contributed by atoms with Gasteiger partial charge in [-0.2, -0.15) is 5.26 Å². The zero-order chi connectivity index (χ0) is 13.3. The van der Waals surface area contributed by atoms with Gasteiger partial charge in [0.25, 0.3) is 0 Å². The summed E-state index contributed by atoms with van der Waals surface area (Å²) in [5.74, 6) is 2.32. The first-order valence-corrected chi connectivity index (χ1v) is 5.98. The van der Waals surface area contributed by atoms with Crippen molar-refractivity contribution in [2.75, 3.05) is 11.4 Å². The number of anilines is 1. The SMILES string of the molecule is C#CC1CC(=O)N(c2c(Cl)cc(C#N)cc2Cl)C1. The van der Waals surface area contributed by atoms with E-state index in [0.29, 0.717) is 24.2 Å². The van der Waals surface area contributed by atoms with Crippen molar-refractivity contribution in [3.05, 3.63) is 27.7 Å². The summed E-state index contributed by atoms with van der Waals surface area (Å²) in [7, 11) is 0. The van der Waals surface area contributed by atoms with Crippen LogP contribution in [0.15, 0.2) is 12.1 Å². The van der Waals surface area contributed by atoms with E-state index in [1.54, 1.807) is 0 Å². The zero-order valence-electron chi connectivity index (χ0n) is 9.28. The topological polar surface area (TPSA) is 44.1 Å². The molecular formula is C13H8Cl2N2O. The Morgan fingerprint density at radius 3 is 2.44 bits per heavy atom. The van der Waals surface area contributed by atoms with Gasteiger partial charge in [0, 0.05) is 18.9 Å². The lowest BCUT2D eigenvalue weighted by Crippen LogP contribution is -2.25. The molecule has 0 spiro atoms. The van der Waals surface area contributed by atoms with Crippen molar-refractivity contribution in [1.29, 1.82) is 5.26 Å². The quantitative estimate of drug-likeness (QED) is 0.742. The molecule has 1 amide bonds. The molecule has 0 aromatic heterocycles. The number of hydrogen-bond acceptors (Lipinski definition) is 2. The van der Waals surface area contributed by atoms with Gasteiger partial charge in [-0.15, -0.1) is 12.3 Å². The summed E-state index contributed by atoms with van der Waals surface area (Å²) in [4.78, 5) is 13.3. The molecule has 0 saturated carbocycles. The molecule has 1 unspecified atom stereocenters. The number of benzene rings is 1. The van der Waals surface area contributed by atoms with Crippen LogP contribution in [0.1, 0.15) is 12.0 Å². The fourth-order valence-electron chi connectivity index (χ4n) is 1.92. The molecule has 0 aliphatic carbocycles. The summed E-state index contributed by atoms with van der Waals surface area (Å²) in [5, 5.41) is 9.37. The van der Waals surface area contributed by atoms with Gasteiger partial charge in [-0.05, 0) is 12.1 Å². The van der Waals surface area contributed by atoms with Crippen molar-refractivity contribution in [3.63, 3.8) is 0 Å². The summed E-state index contributed by atoms with van der Waals surface area (Å²) < 4.78 is 0. The van der Waals surface area contributed by atoms with E-state index in [-0.39, 0.29) is 21.9 Å². The largest absolute Gasteiger partial charge is 0.308 e. The molecule has 5 heteroatoms. The average molecular weight is 279 g/mol. The van der Waals surface area contributed by atoms with Gasteiger partial charge >= 0.3 is 0 Å². The molecule has 3 nitrogen and oxygen atoms in total. The van der Waals surface area contributed by atoms with E-state index in [4.69, 9.17) is 34.9 Å². The van der Waals surface area contributed by atoms with Crippen LogP contribution in [0.25, 0.3) is 0 Å². The fraction of sp³-hybridized carbons (Fsp3) is 0.231. The highest BCUT2D eigenvalue weighted by Crippen LogP contribution is 2.38. The molecule has 90 valence electrons. The molecule has 0 bridgehead atoms. The number of terminal acetylenes is 1. The van der Waals surface area contributed by atoms with E-state index in [0.717, 1.165) is 0 Å². The van der Waals surface area contributed by atoms with Crippen molar-refractivity contribution in [2.45, 2.75) is 6.42 Å². The number of nitrogens with zero attached hydrogens (tertiary/aromatic N) is 2. The van der Waals surface area contributed by atoms with Crippen LogP contribution < -0.4 is 4.90 Å². The standard InChI is InChI=1S/C13H8Cl2N2O/c1-2-8-5-12(18)17(7-8)13-10(14)3-9(6-16)4-11(13)15/h1,3-4,8H,5,7H2. The summed E-state index contributed by atoms with van der Waals surface area (Å²) in [6, 6.07) is 4.92. The van der Waals surface area contributed by atoms with Gasteiger partial charge in [-0.3, -0.25) is 4.79 Å². The van der Waals surface area contributed by atoms with E-state index >= 15 is 0 Å². The molecule has 2 rings (SSSR count). The van der Waals surface area contributed by atoms with Crippen molar-refractivity contribution >= 4 is 34.8 Å². The van der Waals surface area contributed by atoms with Gasteiger partial charge in [0.15, 0.2) is 0 Å². The number of carbonyl (C=O) groups is 1. The molecule has 1 aliphatic rings. The summed E-state index contributed by atoms with van der Waals surface area (Å²) >= 11 is 12.1. The Labute approximate surface area is 115 Å². The number of halogens is 2. The summed E-state index contributed by atoms with van der Waals surface area (Å²) in [6.07, 6.45) is 5.61. The second kappa shape index (κ2) is 4.90. The minimum Gasteiger partial charge on any atom is -0.308 e. The van der Waals surface area contributed by atoms with Crippen LogP contribution >= 0.6 is 23.2 Å². The van der Waals surface area contributed by atoms with Crippen LogP contribution in [0.4, 0.5) is 5.69 Å². The van der Waals surface area contributed by atoms with E-state index in [1.165, 1.54) is 17.0 Å². The Balaban J connectivity index is 2.45. The normalized spacial score (nSPS) is 18.6. The molecule has 1 saturated heterocycles. The van der Waals surface area contributed by atoms with Crippen molar-refractivity contribution in [2.24, 2.45) is 5.92 Å². The number of carbonyl (C=O) groups excluding carboxylic acids is 1. The van der Waals surface area contributed by atoms with Crippen molar-refractivity contribution < 1.29 is 4.79 Å². The first-order valence-electron chi connectivity index (χ1n) is 5.22. The smallest absolute Gasteiger partial charge is 0.228 e. The van der Waals surface area contributed by atoms with Crippen LogP contribution in [0.3, 0.4) is 0 Å². The maximum absolute atomic E-state index is 11.9. The Hall–Kier alpha value is -1.68. The highest BCUT2D eigenvalue weighted by molar-refractivity contribution is 6.40. The number of rotatable bonds is 1. The first-order chi connectivity index (χ1) is 8.56. The van der Waals surface area contributed by atoms with Crippen LogP contribution in [0.5, 0.6) is 0 Å². The highest BCUT2D eigenvalue weighted by Gasteiger charge is 2.32. The molecule has 0 N–H and O–H groups in total. The van der Waals surface area contributed by atoms with Gasteiger partial charge in [-0.25, -0.2) is 0 Å². The lowest BCUT2D eigenvalue weighted by molar-refractivity contribution is -0.117. The molecule has 0 radical (unpaired) electrons. The van der Waals surface area contributed by atoms with E-state index in [2.05, 4.69) is 5.92 Å². The second-order valence-electron chi connectivity index (χ2n) is 3.97. The Kier molecular flexibility index (Phi) is 3.48. The van der Waals surface area contributed by atoms with Crippen LogP contribution in [-0.2, 0) is 4.79 Å². The van der Waals surface area contributed by atoms with Gasteiger partial charge in [0.05, 0.1) is 27.4 Å². The molecule has 18 heavy (non-hydrogen) atoms. The maximum atomic E-state index is 11.9. The Bertz CT molecular complexity index is 575. The van der Waals surface area contributed by atoms with Gasteiger partial charge in [-0.1, -0.05) is 23.2 Å². The molecule has 1 heterocycles. The molecule has 1 atom stereocenters.